The minimum absolute atomic E-state index is 0.0869. The SMILES string of the molecule is CC(C)=CC(=O)N(Cc1ccccc1)C(C)C. The second-order valence-electron chi connectivity index (χ2n) is 4.77. The number of carbonyl (C=O) groups is 1. The number of carbonyl (C=O) groups excluding carboxylic acids is 1. The summed E-state index contributed by atoms with van der Waals surface area (Å²) in [6.45, 7) is 8.64. The number of allylic oxidation sites excluding steroid dienone is 1. The average molecular weight is 231 g/mol. The third kappa shape index (κ3) is 4.43. The van der Waals surface area contributed by atoms with E-state index >= 15 is 0 Å². The van der Waals surface area contributed by atoms with Crippen molar-refractivity contribution in [2.45, 2.75) is 40.3 Å². The molecule has 0 N–H and O–H groups in total. The lowest BCUT2D eigenvalue weighted by molar-refractivity contribution is -0.128. The molecule has 1 aromatic rings. The highest BCUT2D eigenvalue weighted by atomic mass is 16.2. The molecule has 0 aliphatic rings. The van der Waals surface area contributed by atoms with Crippen molar-refractivity contribution in [1.82, 2.24) is 4.90 Å². The largest absolute Gasteiger partial charge is 0.332 e. The topological polar surface area (TPSA) is 20.3 Å². The van der Waals surface area contributed by atoms with E-state index in [1.165, 1.54) is 0 Å². The van der Waals surface area contributed by atoms with Crippen molar-refractivity contribution >= 4 is 5.91 Å². The molecule has 1 amide bonds. The summed E-state index contributed by atoms with van der Waals surface area (Å²) in [4.78, 5) is 13.9. The standard InChI is InChI=1S/C15H21NO/c1-12(2)10-15(17)16(13(3)4)11-14-8-6-5-7-9-14/h5-10,13H,11H2,1-4H3. The van der Waals surface area contributed by atoms with Crippen molar-refractivity contribution in [2.24, 2.45) is 0 Å². The van der Waals surface area contributed by atoms with E-state index in [0.717, 1.165) is 11.1 Å². The van der Waals surface area contributed by atoms with E-state index in [0.29, 0.717) is 6.54 Å². The minimum Gasteiger partial charge on any atom is -0.332 e. The van der Waals surface area contributed by atoms with Gasteiger partial charge in [0, 0.05) is 18.7 Å². The Morgan fingerprint density at radius 2 is 1.82 bits per heavy atom. The molecular weight excluding hydrogens is 210 g/mol. The smallest absolute Gasteiger partial charge is 0.247 e. The fourth-order valence-corrected chi connectivity index (χ4v) is 1.62. The fourth-order valence-electron chi connectivity index (χ4n) is 1.62. The Labute approximate surface area is 104 Å². The third-order valence-corrected chi connectivity index (χ3v) is 2.51. The average Bonchev–Trinajstić information content (AvgIpc) is 2.25. The van der Waals surface area contributed by atoms with Crippen LogP contribution in [-0.2, 0) is 11.3 Å². The third-order valence-electron chi connectivity index (χ3n) is 2.51. The Bertz CT molecular complexity index is 389. The van der Waals surface area contributed by atoms with E-state index in [4.69, 9.17) is 0 Å². The first-order valence-electron chi connectivity index (χ1n) is 6.00. The summed E-state index contributed by atoms with van der Waals surface area (Å²) < 4.78 is 0. The van der Waals surface area contributed by atoms with Crippen LogP contribution in [-0.4, -0.2) is 16.8 Å². The first-order chi connectivity index (χ1) is 8.00. The van der Waals surface area contributed by atoms with E-state index in [9.17, 15) is 4.79 Å². The van der Waals surface area contributed by atoms with Gasteiger partial charge in [-0.25, -0.2) is 0 Å². The Hall–Kier alpha value is -1.57. The van der Waals surface area contributed by atoms with Crippen LogP contribution in [0.3, 0.4) is 0 Å². The highest BCUT2D eigenvalue weighted by Gasteiger charge is 2.14. The van der Waals surface area contributed by atoms with Crippen LogP contribution in [0.25, 0.3) is 0 Å². The molecule has 2 nitrogen and oxygen atoms in total. The number of nitrogens with zero attached hydrogens (tertiary/aromatic N) is 1. The Morgan fingerprint density at radius 3 is 2.29 bits per heavy atom. The number of amides is 1. The number of benzene rings is 1. The van der Waals surface area contributed by atoms with Crippen molar-refractivity contribution < 1.29 is 4.79 Å². The van der Waals surface area contributed by atoms with Gasteiger partial charge in [-0.1, -0.05) is 35.9 Å². The first-order valence-corrected chi connectivity index (χ1v) is 6.00. The summed E-state index contributed by atoms with van der Waals surface area (Å²) in [5, 5.41) is 0. The van der Waals surface area contributed by atoms with Gasteiger partial charge in [0.1, 0.15) is 0 Å². The lowest BCUT2D eigenvalue weighted by atomic mass is 10.1. The summed E-state index contributed by atoms with van der Waals surface area (Å²) in [7, 11) is 0. The molecule has 0 radical (unpaired) electrons. The van der Waals surface area contributed by atoms with Crippen molar-refractivity contribution in [1.29, 1.82) is 0 Å². The molecule has 0 aliphatic carbocycles. The van der Waals surface area contributed by atoms with E-state index < -0.39 is 0 Å². The molecule has 0 atom stereocenters. The van der Waals surface area contributed by atoms with E-state index in [1.54, 1.807) is 6.08 Å². The molecule has 0 bridgehead atoms. The minimum atomic E-state index is 0.0869. The van der Waals surface area contributed by atoms with Crippen molar-refractivity contribution in [2.75, 3.05) is 0 Å². The summed E-state index contributed by atoms with van der Waals surface area (Å²) in [6, 6.07) is 10.3. The zero-order chi connectivity index (χ0) is 12.8. The molecule has 0 aliphatic heterocycles. The van der Waals surface area contributed by atoms with Crippen LogP contribution >= 0.6 is 0 Å². The molecule has 0 saturated heterocycles. The van der Waals surface area contributed by atoms with Crippen LogP contribution in [0.2, 0.25) is 0 Å². The van der Waals surface area contributed by atoms with Gasteiger partial charge in [0.05, 0.1) is 0 Å². The maximum atomic E-state index is 12.0. The molecule has 17 heavy (non-hydrogen) atoms. The summed E-state index contributed by atoms with van der Waals surface area (Å²) in [6.07, 6.45) is 1.70. The number of rotatable bonds is 4. The molecule has 0 spiro atoms. The van der Waals surface area contributed by atoms with Gasteiger partial charge in [-0.15, -0.1) is 0 Å². The van der Waals surface area contributed by atoms with Gasteiger partial charge in [0.15, 0.2) is 0 Å². The van der Waals surface area contributed by atoms with Crippen LogP contribution in [0, 0.1) is 0 Å². The molecule has 0 unspecified atom stereocenters. The fraction of sp³-hybridized carbons (Fsp3) is 0.400. The maximum absolute atomic E-state index is 12.0. The van der Waals surface area contributed by atoms with E-state index in [1.807, 2.05) is 62.9 Å². The van der Waals surface area contributed by atoms with Crippen LogP contribution in [0.4, 0.5) is 0 Å². The lowest BCUT2D eigenvalue weighted by Gasteiger charge is -2.25. The van der Waals surface area contributed by atoms with Gasteiger partial charge in [-0.2, -0.15) is 0 Å². The van der Waals surface area contributed by atoms with Gasteiger partial charge in [0.25, 0.3) is 0 Å². The second kappa shape index (κ2) is 6.24. The molecule has 0 heterocycles. The number of hydrogen-bond acceptors (Lipinski definition) is 1. The first kappa shape index (κ1) is 13.5. The van der Waals surface area contributed by atoms with Crippen LogP contribution < -0.4 is 0 Å². The molecule has 0 aromatic heterocycles. The molecule has 0 fully saturated rings. The highest BCUT2D eigenvalue weighted by Crippen LogP contribution is 2.09. The lowest BCUT2D eigenvalue weighted by Crippen LogP contribution is -2.35. The molecule has 1 aromatic carbocycles. The van der Waals surface area contributed by atoms with Crippen LogP contribution in [0.15, 0.2) is 42.0 Å². The van der Waals surface area contributed by atoms with Gasteiger partial charge in [-0.05, 0) is 33.3 Å². The van der Waals surface area contributed by atoms with Crippen LogP contribution in [0.1, 0.15) is 33.3 Å². The second-order valence-corrected chi connectivity index (χ2v) is 4.77. The molecule has 92 valence electrons. The van der Waals surface area contributed by atoms with E-state index in [2.05, 4.69) is 0 Å². The van der Waals surface area contributed by atoms with E-state index in [-0.39, 0.29) is 11.9 Å². The van der Waals surface area contributed by atoms with Gasteiger partial charge in [-0.3, -0.25) is 4.79 Å². The Kier molecular flexibility index (Phi) is 4.95. The molecule has 1 rings (SSSR count). The Balaban J connectivity index is 2.81. The predicted molar refractivity (Wildman–Crippen MR) is 71.6 cm³/mol. The predicted octanol–water partition coefficient (Wildman–Crippen LogP) is 3.39. The van der Waals surface area contributed by atoms with Gasteiger partial charge in [0.2, 0.25) is 5.91 Å². The Morgan fingerprint density at radius 1 is 1.24 bits per heavy atom. The molecular formula is C15H21NO. The van der Waals surface area contributed by atoms with Crippen LogP contribution in [0.5, 0.6) is 0 Å². The van der Waals surface area contributed by atoms with Crippen molar-refractivity contribution in [3.8, 4) is 0 Å². The van der Waals surface area contributed by atoms with Crippen molar-refractivity contribution in [3.63, 3.8) is 0 Å². The summed E-state index contributed by atoms with van der Waals surface area (Å²) >= 11 is 0. The van der Waals surface area contributed by atoms with Gasteiger partial charge < -0.3 is 4.90 Å². The van der Waals surface area contributed by atoms with Crippen molar-refractivity contribution in [3.05, 3.63) is 47.5 Å². The zero-order valence-corrected chi connectivity index (χ0v) is 11.1. The number of hydrogen-bond donors (Lipinski definition) is 0. The molecule has 2 heteroatoms. The summed E-state index contributed by atoms with van der Waals surface area (Å²) in [5.74, 6) is 0.0869. The normalized spacial score (nSPS) is 10.2. The highest BCUT2D eigenvalue weighted by molar-refractivity contribution is 5.88. The summed E-state index contributed by atoms with van der Waals surface area (Å²) in [5.41, 5.74) is 2.20. The molecule has 0 saturated carbocycles. The monoisotopic (exact) mass is 231 g/mol. The zero-order valence-electron chi connectivity index (χ0n) is 11.1. The quantitative estimate of drug-likeness (QED) is 0.727. The maximum Gasteiger partial charge on any atom is 0.247 e. The van der Waals surface area contributed by atoms with Gasteiger partial charge >= 0.3 is 0 Å².